The fourth-order valence-electron chi connectivity index (χ4n) is 2.65. The molecule has 1 fully saturated rings. The van der Waals surface area contributed by atoms with Crippen LogP contribution < -0.4 is 0 Å². The van der Waals surface area contributed by atoms with Crippen molar-refractivity contribution < 1.29 is 22.5 Å². The third kappa shape index (κ3) is 3.22. The molecular weight excluding hydrogens is 334 g/mol. The predicted molar refractivity (Wildman–Crippen MR) is 83.8 cm³/mol. The van der Waals surface area contributed by atoms with E-state index in [0.29, 0.717) is 24.5 Å². The lowest BCUT2D eigenvalue weighted by Gasteiger charge is -2.13. The van der Waals surface area contributed by atoms with E-state index in [-0.39, 0.29) is 17.2 Å². The fraction of sp³-hybridized carbons (Fsp3) is 0.467. The summed E-state index contributed by atoms with van der Waals surface area (Å²) in [6.45, 7) is 2.74. The SMILES string of the molecule is Cc1cc(COC(=O)c2cc(S(=O)(=O)N3CCCC3)cn2C)on1. The van der Waals surface area contributed by atoms with E-state index in [1.807, 2.05) is 0 Å². The molecule has 1 aliphatic rings. The quantitative estimate of drug-likeness (QED) is 0.755. The van der Waals surface area contributed by atoms with Crippen LogP contribution in [0.2, 0.25) is 0 Å². The first-order chi connectivity index (χ1) is 11.4. The molecule has 1 aliphatic heterocycles. The summed E-state index contributed by atoms with van der Waals surface area (Å²) < 4.78 is 38.1. The molecule has 0 amide bonds. The van der Waals surface area contributed by atoms with E-state index >= 15 is 0 Å². The first-order valence-electron chi connectivity index (χ1n) is 7.64. The van der Waals surface area contributed by atoms with Crippen molar-refractivity contribution in [1.82, 2.24) is 14.0 Å². The van der Waals surface area contributed by atoms with Gasteiger partial charge in [0, 0.05) is 32.4 Å². The molecule has 0 radical (unpaired) electrons. The molecule has 0 aromatic carbocycles. The Morgan fingerprint density at radius 3 is 2.67 bits per heavy atom. The van der Waals surface area contributed by atoms with Gasteiger partial charge < -0.3 is 13.8 Å². The van der Waals surface area contributed by atoms with Crippen LogP contribution in [0.25, 0.3) is 0 Å². The van der Waals surface area contributed by atoms with Crippen molar-refractivity contribution in [2.24, 2.45) is 7.05 Å². The number of aryl methyl sites for hydroxylation is 2. The van der Waals surface area contributed by atoms with Crippen molar-refractivity contribution in [3.8, 4) is 0 Å². The number of carbonyl (C=O) groups excluding carboxylic acids is 1. The monoisotopic (exact) mass is 353 g/mol. The highest BCUT2D eigenvalue weighted by Crippen LogP contribution is 2.23. The van der Waals surface area contributed by atoms with E-state index in [0.717, 1.165) is 12.8 Å². The number of hydrogen-bond donors (Lipinski definition) is 0. The van der Waals surface area contributed by atoms with Crippen molar-refractivity contribution in [3.63, 3.8) is 0 Å². The van der Waals surface area contributed by atoms with Gasteiger partial charge in [0.05, 0.1) is 5.69 Å². The minimum Gasteiger partial charge on any atom is -0.453 e. The largest absolute Gasteiger partial charge is 0.453 e. The Labute approximate surface area is 140 Å². The summed E-state index contributed by atoms with van der Waals surface area (Å²) >= 11 is 0. The van der Waals surface area contributed by atoms with Gasteiger partial charge in [-0.1, -0.05) is 5.16 Å². The van der Waals surface area contributed by atoms with Crippen LogP contribution in [0.3, 0.4) is 0 Å². The molecule has 3 rings (SSSR count). The van der Waals surface area contributed by atoms with Crippen LogP contribution in [0.15, 0.2) is 27.7 Å². The van der Waals surface area contributed by atoms with Gasteiger partial charge in [0.25, 0.3) is 0 Å². The smallest absolute Gasteiger partial charge is 0.355 e. The summed E-state index contributed by atoms with van der Waals surface area (Å²) in [5.74, 6) is -0.186. The molecule has 130 valence electrons. The van der Waals surface area contributed by atoms with Crippen LogP contribution in [-0.4, -0.2) is 41.5 Å². The minimum atomic E-state index is -3.56. The van der Waals surface area contributed by atoms with Gasteiger partial charge in [0.15, 0.2) is 12.4 Å². The number of ether oxygens (including phenoxy) is 1. The fourth-order valence-corrected chi connectivity index (χ4v) is 4.24. The third-order valence-corrected chi connectivity index (χ3v) is 5.78. The molecule has 0 atom stereocenters. The zero-order chi connectivity index (χ0) is 17.3. The van der Waals surface area contributed by atoms with Crippen LogP contribution in [0.5, 0.6) is 0 Å². The van der Waals surface area contributed by atoms with Crippen LogP contribution in [0, 0.1) is 6.92 Å². The Bertz CT molecular complexity index is 846. The van der Waals surface area contributed by atoms with Crippen LogP contribution >= 0.6 is 0 Å². The molecule has 0 spiro atoms. The number of hydrogen-bond acceptors (Lipinski definition) is 6. The highest BCUT2D eigenvalue weighted by molar-refractivity contribution is 7.89. The predicted octanol–water partition coefficient (Wildman–Crippen LogP) is 1.46. The van der Waals surface area contributed by atoms with Gasteiger partial charge in [-0.05, 0) is 25.8 Å². The van der Waals surface area contributed by atoms with Crippen molar-refractivity contribution in [2.75, 3.05) is 13.1 Å². The first-order valence-corrected chi connectivity index (χ1v) is 9.08. The molecule has 1 saturated heterocycles. The number of sulfonamides is 1. The molecule has 0 unspecified atom stereocenters. The van der Waals surface area contributed by atoms with Gasteiger partial charge >= 0.3 is 5.97 Å². The van der Waals surface area contributed by atoms with Crippen molar-refractivity contribution in [2.45, 2.75) is 31.3 Å². The number of esters is 1. The van der Waals surface area contributed by atoms with Crippen LogP contribution in [-0.2, 0) is 28.4 Å². The maximum atomic E-state index is 12.5. The lowest BCUT2D eigenvalue weighted by Crippen LogP contribution is -2.27. The molecule has 3 heterocycles. The first kappa shape index (κ1) is 16.7. The molecule has 0 N–H and O–H groups in total. The highest BCUT2D eigenvalue weighted by Gasteiger charge is 2.29. The zero-order valence-corrected chi connectivity index (χ0v) is 14.4. The van der Waals surface area contributed by atoms with Gasteiger partial charge in [-0.2, -0.15) is 4.31 Å². The normalized spacial score (nSPS) is 15.8. The summed E-state index contributed by atoms with van der Waals surface area (Å²) in [6.07, 6.45) is 3.15. The van der Waals surface area contributed by atoms with Gasteiger partial charge in [0.2, 0.25) is 10.0 Å². The van der Waals surface area contributed by atoms with Crippen LogP contribution in [0.1, 0.15) is 34.8 Å². The Hall–Kier alpha value is -2.13. The molecule has 2 aromatic heterocycles. The summed E-state index contributed by atoms with van der Waals surface area (Å²) in [5, 5.41) is 3.71. The molecule has 0 saturated carbocycles. The third-order valence-electron chi connectivity index (χ3n) is 3.91. The Morgan fingerprint density at radius 1 is 1.33 bits per heavy atom. The van der Waals surface area contributed by atoms with E-state index < -0.39 is 16.0 Å². The van der Waals surface area contributed by atoms with Gasteiger partial charge in [-0.25, -0.2) is 13.2 Å². The Morgan fingerprint density at radius 2 is 2.04 bits per heavy atom. The highest BCUT2D eigenvalue weighted by atomic mass is 32.2. The number of rotatable bonds is 5. The van der Waals surface area contributed by atoms with Gasteiger partial charge in [0.1, 0.15) is 10.6 Å². The molecule has 2 aromatic rings. The number of aromatic nitrogens is 2. The second kappa shape index (κ2) is 6.40. The van der Waals surface area contributed by atoms with E-state index in [1.54, 1.807) is 20.0 Å². The average molecular weight is 353 g/mol. The van der Waals surface area contributed by atoms with E-state index in [4.69, 9.17) is 9.26 Å². The summed E-state index contributed by atoms with van der Waals surface area (Å²) in [4.78, 5) is 12.3. The second-order valence-corrected chi connectivity index (χ2v) is 7.73. The van der Waals surface area contributed by atoms with Crippen LogP contribution in [0.4, 0.5) is 0 Å². The lowest BCUT2D eigenvalue weighted by molar-refractivity contribution is 0.0426. The molecule has 9 heteroatoms. The molecule has 0 aliphatic carbocycles. The van der Waals surface area contributed by atoms with Crippen molar-refractivity contribution >= 4 is 16.0 Å². The number of carbonyl (C=O) groups is 1. The summed E-state index contributed by atoms with van der Waals surface area (Å²) in [6, 6.07) is 3.02. The molecule has 24 heavy (non-hydrogen) atoms. The standard InChI is InChI=1S/C15H19N3O5S/c1-11-7-12(23-16-11)10-22-15(19)14-8-13(9-17(14)2)24(20,21)18-5-3-4-6-18/h7-9H,3-6,10H2,1-2H3. The second-order valence-electron chi connectivity index (χ2n) is 5.79. The molecule has 8 nitrogen and oxygen atoms in total. The Balaban J connectivity index is 1.74. The van der Waals surface area contributed by atoms with Gasteiger partial charge in [-0.15, -0.1) is 0 Å². The van der Waals surface area contributed by atoms with Crippen molar-refractivity contribution in [3.05, 3.63) is 35.5 Å². The lowest BCUT2D eigenvalue weighted by atomic mass is 10.4. The summed E-state index contributed by atoms with van der Waals surface area (Å²) in [7, 11) is -1.95. The van der Waals surface area contributed by atoms with Gasteiger partial charge in [-0.3, -0.25) is 0 Å². The molecular formula is C15H19N3O5S. The van der Waals surface area contributed by atoms with E-state index in [2.05, 4.69) is 5.16 Å². The topological polar surface area (TPSA) is 94.6 Å². The maximum absolute atomic E-state index is 12.5. The van der Waals surface area contributed by atoms with Crippen molar-refractivity contribution in [1.29, 1.82) is 0 Å². The zero-order valence-electron chi connectivity index (χ0n) is 13.6. The Kier molecular flexibility index (Phi) is 4.46. The van der Waals surface area contributed by atoms with E-state index in [1.165, 1.54) is 21.1 Å². The average Bonchev–Trinajstić information content (AvgIpc) is 3.25. The van der Waals surface area contributed by atoms with E-state index in [9.17, 15) is 13.2 Å². The molecule has 0 bridgehead atoms. The summed E-state index contributed by atoms with van der Waals surface area (Å²) in [5.41, 5.74) is 0.864. The maximum Gasteiger partial charge on any atom is 0.355 e. The minimum absolute atomic E-state index is 0.0565. The number of nitrogens with zero attached hydrogens (tertiary/aromatic N) is 3.